The van der Waals surface area contributed by atoms with Crippen LogP contribution in [0.25, 0.3) is 0 Å². The SMILES string of the molecule is CCOc1ccc(N2CCCC(Cc3ncccc3N3CCN(C)CC3)C2=O)cn1. The van der Waals surface area contributed by atoms with Gasteiger partial charge in [0.15, 0.2) is 0 Å². The number of pyridine rings is 2. The van der Waals surface area contributed by atoms with E-state index >= 15 is 0 Å². The summed E-state index contributed by atoms with van der Waals surface area (Å²) in [6, 6.07) is 7.90. The molecule has 2 aromatic heterocycles. The first-order valence-corrected chi connectivity index (χ1v) is 10.9. The molecule has 2 aliphatic rings. The van der Waals surface area contributed by atoms with Crippen LogP contribution < -0.4 is 14.5 Å². The standard InChI is InChI=1S/C23H31N5O2/c1-3-30-22-9-8-19(17-25-22)28-11-5-6-18(23(28)29)16-20-21(7-4-10-24-20)27-14-12-26(2)13-15-27/h4,7-10,17-18H,3,5-6,11-16H2,1-2H3. The molecule has 7 heteroatoms. The third-order valence-corrected chi connectivity index (χ3v) is 6.02. The van der Waals surface area contributed by atoms with Crippen LogP contribution in [0.4, 0.5) is 11.4 Å². The Kier molecular flexibility index (Phi) is 6.47. The van der Waals surface area contributed by atoms with Crippen molar-refractivity contribution in [2.24, 2.45) is 5.92 Å². The van der Waals surface area contributed by atoms with E-state index < -0.39 is 0 Å². The van der Waals surface area contributed by atoms with Crippen molar-refractivity contribution in [3.8, 4) is 5.88 Å². The van der Waals surface area contributed by atoms with Crippen molar-refractivity contribution in [2.45, 2.75) is 26.2 Å². The zero-order valence-electron chi connectivity index (χ0n) is 18.0. The van der Waals surface area contributed by atoms with Crippen LogP contribution in [0.15, 0.2) is 36.7 Å². The van der Waals surface area contributed by atoms with Crippen LogP contribution in [0, 0.1) is 5.92 Å². The van der Waals surface area contributed by atoms with E-state index in [4.69, 9.17) is 4.74 Å². The molecule has 0 radical (unpaired) electrons. The molecule has 0 aromatic carbocycles. The van der Waals surface area contributed by atoms with Crippen molar-refractivity contribution in [2.75, 3.05) is 56.2 Å². The van der Waals surface area contributed by atoms with Gasteiger partial charge in [-0.15, -0.1) is 0 Å². The highest BCUT2D eigenvalue weighted by Gasteiger charge is 2.31. The lowest BCUT2D eigenvalue weighted by Gasteiger charge is -2.36. The van der Waals surface area contributed by atoms with Crippen molar-refractivity contribution in [1.82, 2.24) is 14.9 Å². The minimum Gasteiger partial charge on any atom is -0.478 e. The van der Waals surface area contributed by atoms with Gasteiger partial charge in [-0.3, -0.25) is 9.78 Å². The zero-order valence-corrected chi connectivity index (χ0v) is 18.0. The Balaban J connectivity index is 1.48. The van der Waals surface area contributed by atoms with E-state index in [9.17, 15) is 4.79 Å². The number of anilines is 2. The molecule has 2 aromatic rings. The molecule has 0 bridgehead atoms. The summed E-state index contributed by atoms with van der Waals surface area (Å²) in [6.07, 6.45) is 6.15. The van der Waals surface area contributed by atoms with E-state index in [1.807, 2.05) is 36.2 Å². The molecule has 2 fully saturated rings. The number of ether oxygens (including phenoxy) is 1. The Labute approximate surface area is 178 Å². The van der Waals surface area contributed by atoms with Crippen LogP contribution >= 0.6 is 0 Å². The van der Waals surface area contributed by atoms with E-state index in [1.165, 1.54) is 5.69 Å². The first-order chi connectivity index (χ1) is 14.7. The summed E-state index contributed by atoms with van der Waals surface area (Å²) in [5.41, 5.74) is 3.05. The van der Waals surface area contributed by atoms with Crippen LogP contribution in [-0.2, 0) is 11.2 Å². The van der Waals surface area contributed by atoms with Crippen LogP contribution in [0.5, 0.6) is 5.88 Å². The summed E-state index contributed by atoms with van der Waals surface area (Å²) in [5, 5.41) is 0. The number of hydrogen-bond acceptors (Lipinski definition) is 6. The van der Waals surface area contributed by atoms with Gasteiger partial charge in [-0.2, -0.15) is 0 Å². The Hall–Kier alpha value is -2.67. The van der Waals surface area contributed by atoms with Gasteiger partial charge in [0.05, 0.1) is 29.9 Å². The van der Waals surface area contributed by atoms with Gasteiger partial charge < -0.3 is 19.4 Å². The fraction of sp³-hybridized carbons (Fsp3) is 0.522. The lowest BCUT2D eigenvalue weighted by molar-refractivity contribution is -0.123. The highest BCUT2D eigenvalue weighted by molar-refractivity contribution is 5.95. The molecule has 1 unspecified atom stereocenters. The van der Waals surface area contributed by atoms with Crippen LogP contribution in [0.1, 0.15) is 25.5 Å². The molecule has 0 spiro atoms. The van der Waals surface area contributed by atoms with E-state index in [2.05, 4.69) is 32.9 Å². The highest BCUT2D eigenvalue weighted by atomic mass is 16.5. The Morgan fingerprint density at radius 3 is 2.67 bits per heavy atom. The maximum atomic E-state index is 13.3. The summed E-state index contributed by atoms with van der Waals surface area (Å²) in [6.45, 7) is 7.34. The van der Waals surface area contributed by atoms with Crippen molar-refractivity contribution < 1.29 is 9.53 Å². The van der Waals surface area contributed by atoms with Gasteiger partial charge in [0.25, 0.3) is 0 Å². The number of carbonyl (C=O) groups is 1. The number of nitrogens with zero attached hydrogens (tertiary/aromatic N) is 5. The normalized spacial score (nSPS) is 20.5. The molecule has 4 rings (SSSR count). The minimum absolute atomic E-state index is 0.0496. The number of rotatable bonds is 6. The summed E-state index contributed by atoms with van der Waals surface area (Å²) in [5.74, 6) is 0.709. The van der Waals surface area contributed by atoms with Crippen LogP contribution in [0.2, 0.25) is 0 Å². The summed E-state index contributed by atoms with van der Waals surface area (Å²) in [7, 11) is 2.16. The van der Waals surface area contributed by atoms with Gasteiger partial charge in [0, 0.05) is 57.3 Å². The molecule has 160 valence electrons. The minimum atomic E-state index is -0.0496. The number of amides is 1. The molecule has 1 amide bonds. The van der Waals surface area contributed by atoms with Crippen LogP contribution in [0.3, 0.4) is 0 Å². The molecule has 30 heavy (non-hydrogen) atoms. The molecular weight excluding hydrogens is 378 g/mol. The Bertz CT molecular complexity index is 849. The lowest BCUT2D eigenvalue weighted by atomic mass is 9.91. The van der Waals surface area contributed by atoms with Gasteiger partial charge in [0.1, 0.15) is 0 Å². The van der Waals surface area contributed by atoms with Gasteiger partial charge in [-0.25, -0.2) is 4.98 Å². The zero-order chi connectivity index (χ0) is 20.9. The molecule has 2 saturated heterocycles. The first-order valence-electron chi connectivity index (χ1n) is 10.9. The summed E-state index contributed by atoms with van der Waals surface area (Å²) >= 11 is 0. The smallest absolute Gasteiger partial charge is 0.230 e. The monoisotopic (exact) mass is 409 g/mol. The van der Waals surface area contributed by atoms with Gasteiger partial charge in [-0.1, -0.05) is 0 Å². The summed E-state index contributed by atoms with van der Waals surface area (Å²) in [4.78, 5) is 28.9. The third kappa shape index (κ3) is 4.56. The maximum Gasteiger partial charge on any atom is 0.230 e. The number of aromatic nitrogens is 2. The molecule has 2 aliphatic heterocycles. The molecule has 4 heterocycles. The van der Waals surface area contributed by atoms with Crippen LogP contribution in [-0.4, -0.2) is 67.2 Å². The largest absolute Gasteiger partial charge is 0.478 e. The van der Waals surface area contributed by atoms with E-state index in [0.717, 1.165) is 56.9 Å². The molecule has 7 nitrogen and oxygen atoms in total. The van der Waals surface area contributed by atoms with E-state index in [1.54, 1.807) is 6.20 Å². The number of piperazine rings is 1. The van der Waals surface area contributed by atoms with E-state index in [-0.39, 0.29) is 11.8 Å². The highest BCUT2D eigenvalue weighted by Crippen LogP contribution is 2.29. The molecule has 0 aliphatic carbocycles. The van der Waals surface area contributed by atoms with Gasteiger partial charge >= 0.3 is 0 Å². The number of hydrogen-bond donors (Lipinski definition) is 0. The third-order valence-electron chi connectivity index (χ3n) is 6.02. The number of carbonyl (C=O) groups excluding carboxylic acids is 1. The molecule has 1 atom stereocenters. The average molecular weight is 410 g/mol. The van der Waals surface area contributed by atoms with Crippen molar-refractivity contribution >= 4 is 17.3 Å². The predicted octanol–water partition coefficient (Wildman–Crippen LogP) is 2.61. The number of likely N-dealkylation sites (N-methyl/N-ethyl adjacent to an activating group) is 1. The molecular formula is C23H31N5O2. The second-order valence-electron chi connectivity index (χ2n) is 8.08. The predicted molar refractivity (Wildman–Crippen MR) is 118 cm³/mol. The van der Waals surface area contributed by atoms with Crippen molar-refractivity contribution in [3.63, 3.8) is 0 Å². The van der Waals surface area contributed by atoms with Gasteiger partial charge in [0.2, 0.25) is 11.8 Å². The maximum absolute atomic E-state index is 13.3. The summed E-state index contributed by atoms with van der Waals surface area (Å²) < 4.78 is 5.42. The fourth-order valence-electron chi connectivity index (χ4n) is 4.32. The Morgan fingerprint density at radius 1 is 1.10 bits per heavy atom. The second kappa shape index (κ2) is 9.43. The fourth-order valence-corrected chi connectivity index (χ4v) is 4.32. The number of piperidine rings is 1. The average Bonchev–Trinajstić information content (AvgIpc) is 2.77. The van der Waals surface area contributed by atoms with Gasteiger partial charge in [-0.05, 0) is 45.0 Å². The lowest BCUT2D eigenvalue weighted by Crippen LogP contribution is -2.45. The van der Waals surface area contributed by atoms with Crippen molar-refractivity contribution in [3.05, 3.63) is 42.4 Å². The van der Waals surface area contributed by atoms with Crippen molar-refractivity contribution in [1.29, 1.82) is 0 Å². The first kappa shape index (κ1) is 20.6. The molecule has 0 saturated carbocycles. The second-order valence-corrected chi connectivity index (χ2v) is 8.08. The topological polar surface area (TPSA) is 61.8 Å². The van der Waals surface area contributed by atoms with E-state index in [0.29, 0.717) is 18.9 Å². The Morgan fingerprint density at radius 2 is 1.93 bits per heavy atom. The molecule has 0 N–H and O–H groups in total. The quantitative estimate of drug-likeness (QED) is 0.731.